The third-order valence-electron chi connectivity index (χ3n) is 0.958. The molecular weight excluding hydrogens is 241 g/mol. The van der Waals surface area contributed by atoms with Gasteiger partial charge in [0.2, 0.25) is 0 Å². The van der Waals surface area contributed by atoms with Crippen LogP contribution in [0.15, 0.2) is 0 Å². The molecule has 0 spiro atoms. The van der Waals surface area contributed by atoms with Gasteiger partial charge in [0.1, 0.15) is 0 Å². The number of hydrogen-bond donors (Lipinski definition) is 1. The van der Waals surface area contributed by atoms with E-state index in [1.165, 1.54) is 0 Å². The van der Waals surface area contributed by atoms with E-state index in [1.807, 2.05) is 0 Å². The molecule has 1 heterocycles. The quantitative estimate of drug-likeness (QED) is 0.473. The Labute approximate surface area is 84.4 Å². The fourth-order valence-electron chi connectivity index (χ4n) is 0.512. The zero-order chi connectivity index (χ0) is 6.85. The summed E-state index contributed by atoms with van der Waals surface area (Å²) in [6, 6.07) is -0.789. The molecule has 1 atom stereocenters. The maximum Gasteiger partial charge on any atom is 2.00 e. The van der Waals surface area contributed by atoms with E-state index in [-0.39, 0.29) is 40.5 Å². The Balaban J connectivity index is 0. The van der Waals surface area contributed by atoms with Gasteiger partial charge in [-0.05, 0) is 0 Å². The second kappa shape index (κ2) is 5.71. The summed E-state index contributed by atoms with van der Waals surface area (Å²) in [7, 11) is 0. The summed E-state index contributed by atoms with van der Waals surface area (Å²) in [5.41, 5.74) is 0. The molecule has 0 aromatic rings. The van der Waals surface area contributed by atoms with Crippen LogP contribution in [0, 0.1) is 0 Å². The summed E-state index contributed by atoms with van der Waals surface area (Å²) in [5.74, 6) is -0.936. The molecule has 67 valence electrons. The van der Waals surface area contributed by atoms with E-state index in [1.54, 1.807) is 0 Å². The van der Waals surface area contributed by atoms with E-state index in [4.69, 9.17) is 0 Å². The first-order valence-corrected chi connectivity index (χ1v) is 3.33. The van der Waals surface area contributed by atoms with E-state index >= 15 is 0 Å². The summed E-state index contributed by atoms with van der Waals surface area (Å²) < 4.78 is 0. The zero-order valence-corrected chi connectivity index (χ0v) is 7.61. The van der Waals surface area contributed by atoms with Crippen molar-refractivity contribution in [3.05, 3.63) is 0 Å². The number of thioether (sulfide) groups is 1. The normalized spacial score (nSPS) is 21.1. The fourth-order valence-corrected chi connectivity index (χ4v) is 1.27. The Bertz CT molecular complexity index is 167. The first kappa shape index (κ1) is 13.7. The van der Waals surface area contributed by atoms with Gasteiger partial charge >= 0.3 is 17.1 Å². The third kappa shape index (κ3) is 3.86. The number of carboxylic acids is 1. The van der Waals surface area contributed by atoms with Crippen molar-refractivity contribution < 1.29 is 44.2 Å². The van der Waals surface area contributed by atoms with Crippen LogP contribution >= 0.6 is 11.8 Å². The van der Waals surface area contributed by atoms with Gasteiger partial charge in [-0.25, -0.2) is 0 Å². The van der Waals surface area contributed by atoms with Crippen LogP contribution in [0.25, 0.3) is 0 Å². The van der Waals surface area contributed by atoms with Crippen LogP contribution in [-0.2, 0) is 21.9 Å². The van der Waals surface area contributed by atoms with Crippen molar-refractivity contribution >= 4 is 23.0 Å². The smallest absolute Gasteiger partial charge is 1.00 e. The van der Waals surface area contributed by atoms with Crippen molar-refractivity contribution in [3.8, 4) is 0 Å². The standard InChI is InChI=1S/C4H5NO3S.ClH.Cu/c6-3(7)2-1-9-4(8)5-2;;/h2H,1H2,(H,5,8)(H,6,7);1H;/q;;+2/p-2. The summed E-state index contributed by atoms with van der Waals surface area (Å²) in [5, 5.41) is 11.9. The van der Waals surface area contributed by atoms with Crippen LogP contribution in [0.5, 0.6) is 0 Å². The molecular formula is C4H4ClCuNO3S. The molecule has 0 bridgehead atoms. The second-order valence-electron chi connectivity index (χ2n) is 1.61. The molecule has 11 heavy (non-hydrogen) atoms. The van der Waals surface area contributed by atoms with Gasteiger partial charge < -0.3 is 27.6 Å². The molecule has 1 aliphatic rings. The Hall–Kier alpha value is 0.0995. The Morgan fingerprint density at radius 3 is 2.45 bits per heavy atom. The fraction of sp³-hybridized carbons (Fsp3) is 0.500. The Kier molecular flexibility index (Phi) is 7.10. The molecule has 1 aliphatic heterocycles. The van der Waals surface area contributed by atoms with Crippen LogP contribution < -0.4 is 22.8 Å². The maximum atomic E-state index is 10.3. The van der Waals surface area contributed by atoms with Crippen LogP contribution in [0.2, 0.25) is 0 Å². The summed E-state index contributed by atoms with van der Waals surface area (Å²) in [4.78, 5) is 20.3. The van der Waals surface area contributed by atoms with E-state index < -0.39 is 12.0 Å². The van der Waals surface area contributed by atoms with E-state index in [9.17, 15) is 14.7 Å². The van der Waals surface area contributed by atoms with Gasteiger partial charge in [-0.1, -0.05) is 11.8 Å². The average Bonchev–Trinajstić information content (AvgIpc) is 2.14. The van der Waals surface area contributed by atoms with Crippen LogP contribution in [-0.4, -0.2) is 23.0 Å². The molecule has 1 unspecified atom stereocenters. The maximum absolute atomic E-state index is 10.3. The minimum absolute atomic E-state index is 0. The number of carbonyl (C=O) groups is 2. The minimum Gasteiger partial charge on any atom is -1.00 e. The third-order valence-corrected chi connectivity index (χ3v) is 1.84. The van der Waals surface area contributed by atoms with Crippen molar-refractivity contribution in [1.82, 2.24) is 5.32 Å². The summed E-state index contributed by atoms with van der Waals surface area (Å²) in [6.07, 6.45) is 0. The summed E-state index contributed by atoms with van der Waals surface area (Å²) >= 11 is 0.963. The molecule has 4 nitrogen and oxygen atoms in total. The van der Waals surface area contributed by atoms with Gasteiger partial charge in [0, 0.05) is 5.75 Å². The molecule has 1 amide bonds. The van der Waals surface area contributed by atoms with Crippen molar-refractivity contribution in [2.45, 2.75) is 6.04 Å². The van der Waals surface area contributed by atoms with E-state index in [2.05, 4.69) is 5.32 Å². The molecule has 0 aromatic heterocycles. The SMILES string of the molecule is O=C1NC(C(=O)[O-])CS1.[Cl-].[Cu+2]. The first-order valence-electron chi connectivity index (χ1n) is 2.34. The van der Waals surface area contributed by atoms with Crippen LogP contribution in [0.3, 0.4) is 0 Å². The molecule has 1 radical (unpaired) electrons. The molecule has 0 aliphatic carbocycles. The molecule has 1 N–H and O–H groups in total. The predicted molar refractivity (Wildman–Crippen MR) is 29.8 cm³/mol. The van der Waals surface area contributed by atoms with Gasteiger partial charge in [0.05, 0.1) is 12.0 Å². The minimum atomic E-state index is -1.21. The van der Waals surface area contributed by atoms with Gasteiger partial charge in [0.15, 0.2) is 0 Å². The summed E-state index contributed by atoms with van der Waals surface area (Å²) in [6.45, 7) is 0. The number of amides is 1. The predicted octanol–water partition coefficient (Wildman–Crippen LogP) is -4.44. The molecule has 1 rings (SSSR count). The molecule has 1 saturated heterocycles. The van der Waals surface area contributed by atoms with Crippen LogP contribution in [0.1, 0.15) is 0 Å². The number of hydrogen-bond acceptors (Lipinski definition) is 4. The Morgan fingerprint density at radius 2 is 2.27 bits per heavy atom. The van der Waals surface area contributed by atoms with Crippen molar-refractivity contribution in [3.63, 3.8) is 0 Å². The number of nitrogens with one attached hydrogen (secondary N) is 1. The number of halogens is 1. The zero-order valence-electron chi connectivity index (χ0n) is 5.10. The van der Waals surface area contributed by atoms with E-state index in [0.29, 0.717) is 0 Å². The first-order chi connectivity index (χ1) is 4.20. The van der Waals surface area contributed by atoms with Gasteiger partial charge in [-0.2, -0.15) is 0 Å². The largest absolute Gasteiger partial charge is 2.00 e. The average molecular weight is 245 g/mol. The molecule has 7 heteroatoms. The van der Waals surface area contributed by atoms with Gasteiger partial charge in [-0.3, -0.25) is 4.79 Å². The monoisotopic (exact) mass is 244 g/mol. The van der Waals surface area contributed by atoms with Crippen LogP contribution in [0.4, 0.5) is 4.79 Å². The number of rotatable bonds is 1. The van der Waals surface area contributed by atoms with Gasteiger partial charge in [-0.15, -0.1) is 0 Å². The van der Waals surface area contributed by atoms with Gasteiger partial charge in [0.25, 0.3) is 5.24 Å². The van der Waals surface area contributed by atoms with Crippen molar-refractivity contribution in [2.75, 3.05) is 5.75 Å². The molecule has 1 fully saturated rings. The van der Waals surface area contributed by atoms with Crippen molar-refractivity contribution in [1.29, 1.82) is 0 Å². The number of aliphatic carboxylic acids is 1. The number of carboxylic acid groups (broad SMARTS) is 1. The molecule has 0 saturated carbocycles. The number of carbonyl (C=O) groups excluding carboxylic acids is 2. The Morgan fingerprint density at radius 1 is 1.73 bits per heavy atom. The molecule has 0 aromatic carbocycles. The second-order valence-corrected chi connectivity index (χ2v) is 2.61. The van der Waals surface area contributed by atoms with Crippen molar-refractivity contribution in [2.24, 2.45) is 0 Å². The van der Waals surface area contributed by atoms with E-state index in [0.717, 1.165) is 11.8 Å². The topological polar surface area (TPSA) is 69.2 Å².